The number of nitrogens with zero attached hydrogens (tertiary/aromatic N) is 2. The van der Waals surface area contributed by atoms with Crippen molar-refractivity contribution in [2.75, 3.05) is 6.54 Å². The van der Waals surface area contributed by atoms with Crippen molar-refractivity contribution >= 4 is 0 Å². The quantitative estimate of drug-likeness (QED) is 0.840. The van der Waals surface area contributed by atoms with Gasteiger partial charge in [-0.05, 0) is 49.6 Å². The first kappa shape index (κ1) is 14.7. The lowest BCUT2D eigenvalue weighted by Gasteiger charge is -2.18. The molecule has 0 bridgehead atoms. The molecule has 4 heteroatoms. The van der Waals surface area contributed by atoms with Gasteiger partial charge in [0.2, 0.25) is 0 Å². The molecule has 0 fully saturated rings. The molecule has 0 saturated carbocycles. The number of benzene rings is 1. The van der Waals surface area contributed by atoms with Crippen LogP contribution in [0.3, 0.4) is 0 Å². The van der Waals surface area contributed by atoms with Crippen LogP contribution >= 0.6 is 0 Å². The summed E-state index contributed by atoms with van der Waals surface area (Å²) in [7, 11) is 0. The molecule has 20 heavy (non-hydrogen) atoms. The van der Waals surface area contributed by atoms with Crippen LogP contribution in [0, 0.1) is 5.82 Å². The predicted molar refractivity (Wildman–Crippen MR) is 79.0 cm³/mol. The SMILES string of the molecule is CCCNC(Cc1cnn(CC)c1)c1ccc(F)cc1. The molecule has 1 N–H and O–H groups in total. The summed E-state index contributed by atoms with van der Waals surface area (Å²) in [5, 5.41) is 7.83. The fraction of sp³-hybridized carbons (Fsp3) is 0.438. The maximum absolute atomic E-state index is 13.0. The third kappa shape index (κ3) is 3.90. The van der Waals surface area contributed by atoms with Gasteiger partial charge in [-0.2, -0.15) is 5.10 Å². The standard InChI is InChI=1S/C16H22FN3/c1-3-9-18-16(14-5-7-15(17)8-6-14)10-13-11-19-20(4-2)12-13/h5-8,11-12,16,18H,3-4,9-10H2,1-2H3. The van der Waals surface area contributed by atoms with E-state index in [1.807, 2.05) is 23.0 Å². The van der Waals surface area contributed by atoms with Crippen molar-refractivity contribution in [1.82, 2.24) is 15.1 Å². The fourth-order valence-corrected chi connectivity index (χ4v) is 2.24. The average molecular weight is 275 g/mol. The van der Waals surface area contributed by atoms with Gasteiger partial charge in [-0.1, -0.05) is 19.1 Å². The summed E-state index contributed by atoms with van der Waals surface area (Å²) >= 11 is 0. The van der Waals surface area contributed by atoms with Crippen LogP contribution in [-0.4, -0.2) is 16.3 Å². The minimum Gasteiger partial charge on any atom is -0.310 e. The lowest BCUT2D eigenvalue weighted by atomic mass is 10.0. The number of hydrogen-bond donors (Lipinski definition) is 1. The number of hydrogen-bond acceptors (Lipinski definition) is 2. The number of halogens is 1. The van der Waals surface area contributed by atoms with E-state index in [0.29, 0.717) is 0 Å². The van der Waals surface area contributed by atoms with Gasteiger partial charge in [-0.25, -0.2) is 4.39 Å². The maximum Gasteiger partial charge on any atom is 0.123 e. The Hall–Kier alpha value is -1.68. The molecule has 3 nitrogen and oxygen atoms in total. The van der Waals surface area contributed by atoms with Gasteiger partial charge >= 0.3 is 0 Å². The molecule has 0 saturated heterocycles. The Morgan fingerprint density at radius 1 is 1.25 bits per heavy atom. The van der Waals surface area contributed by atoms with Crippen molar-refractivity contribution in [3.63, 3.8) is 0 Å². The molecule has 0 aliphatic heterocycles. The van der Waals surface area contributed by atoms with Crippen LogP contribution in [0.25, 0.3) is 0 Å². The fourth-order valence-electron chi connectivity index (χ4n) is 2.24. The van der Waals surface area contributed by atoms with Gasteiger partial charge in [0.25, 0.3) is 0 Å². The highest BCUT2D eigenvalue weighted by Crippen LogP contribution is 2.19. The molecule has 1 aromatic carbocycles. The van der Waals surface area contributed by atoms with E-state index in [9.17, 15) is 4.39 Å². The minimum atomic E-state index is -0.193. The Kier molecular flexibility index (Phi) is 5.30. The summed E-state index contributed by atoms with van der Waals surface area (Å²) in [6.45, 7) is 6.04. The summed E-state index contributed by atoms with van der Waals surface area (Å²) in [5.41, 5.74) is 2.31. The van der Waals surface area contributed by atoms with Gasteiger partial charge in [-0.3, -0.25) is 4.68 Å². The zero-order valence-corrected chi connectivity index (χ0v) is 12.1. The number of rotatable bonds is 7. The summed E-state index contributed by atoms with van der Waals surface area (Å²) in [6.07, 6.45) is 5.93. The van der Waals surface area contributed by atoms with Crippen LogP contribution < -0.4 is 5.32 Å². The highest BCUT2D eigenvalue weighted by Gasteiger charge is 2.12. The van der Waals surface area contributed by atoms with Crippen LogP contribution in [0.4, 0.5) is 4.39 Å². The van der Waals surface area contributed by atoms with E-state index >= 15 is 0 Å². The zero-order chi connectivity index (χ0) is 14.4. The van der Waals surface area contributed by atoms with Crippen LogP contribution in [0.5, 0.6) is 0 Å². The van der Waals surface area contributed by atoms with E-state index in [-0.39, 0.29) is 11.9 Å². The Balaban J connectivity index is 2.12. The molecule has 0 radical (unpaired) electrons. The predicted octanol–water partition coefficient (Wildman–Crippen LogP) is 3.33. The van der Waals surface area contributed by atoms with E-state index in [1.54, 1.807) is 0 Å². The number of nitrogens with one attached hydrogen (secondary N) is 1. The molecule has 1 heterocycles. The monoisotopic (exact) mass is 275 g/mol. The summed E-state index contributed by atoms with van der Waals surface area (Å²) in [4.78, 5) is 0. The molecule has 1 atom stereocenters. The lowest BCUT2D eigenvalue weighted by molar-refractivity contribution is 0.527. The van der Waals surface area contributed by atoms with Crippen molar-refractivity contribution in [1.29, 1.82) is 0 Å². The third-order valence-electron chi connectivity index (χ3n) is 3.36. The molecule has 0 aliphatic rings. The molecule has 1 unspecified atom stereocenters. The second-order valence-corrected chi connectivity index (χ2v) is 4.97. The first-order chi connectivity index (χ1) is 9.72. The van der Waals surface area contributed by atoms with E-state index < -0.39 is 0 Å². The molecule has 1 aromatic heterocycles. The second kappa shape index (κ2) is 7.20. The molecule has 2 rings (SSSR count). The van der Waals surface area contributed by atoms with Crippen molar-refractivity contribution in [3.8, 4) is 0 Å². The van der Waals surface area contributed by atoms with Crippen molar-refractivity contribution in [2.45, 2.75) is 39.3 Å². The van der Waals surface area contributed by atoms with E-state index in [4.69, 9.17) is 0 Å². The summed E-state index contributed by atoms with van der Waals surface area (Å²) in [6, 6.07) is 6.95. The Morgan fingerprint density at radius 2 is 2.00 bits per heavy atom. The summed E-state index contributed by atoms with van der Waals surface area (Å²) < 4.78 is 15.0. The molecular formula is C16H22FN3. The van der Waals surface area contributed by atoms with Gasteiger partial charge in [0, 0.05) is 18.8 Å². The van der Waals surface area contributed by atoms with E-state index in [1.165, 1.54) is 17.7 Å². The maximum atomic E-state index is 13.0. The molecule has 0 spiro atoms. The Labute approximate surface area is 119 Å². The minimum absolute atomic E-state index is 0.193. The number of aryl methyl sites for hydroxylation is 1. The van der Waals surface area contributed by atoms with E-state index in [0.717, 1.165) is 31.5 Å². The Bertz CT molecular complexity index is 519. The Morgan fingerprint density at radius 3 is 2.60 bits per heavy atom. The van der Waals surface area contributed by atoms with Gasteiger partial charge in [0.15, 0.2) is 0 Å². The normalized spacial score (nSPS) is 12.6. The van der Waals surface area contributed by atoms with Crippen molar-refractivity contribution in [3.05, 3.63) is 53.6 Å². The van der Waals surface area contributed by atoms with Gasteiger partial charge in [0.1, 0.15) is 5.82 Å². The molecular weight excluding hydrogens is 253 g/mol. The number of aromatic nitrogens is 2. The van der Waals surface area contributed by atoms with Crippen molar-refractivity contribution in [2.24, 2.45) is 0 Å². The second-order valence-electron chi connectivity index (χ2n) is 4.97. The largest absolute Gasteiger partial charge is 0.310 e. The van der Waals surface area contributed by atoms with Crippen LogP contribution in [0.1, 0.15) is 37.4 Å². The first-order valence-corrected chi connectivity index (χ1v) is 7.23. The van der Waals surface area contributed by atoms with Gasteiger partial charge in [0.05, 0.1) is 6.20 Å². The lowest BCUT2D eigenvalue weighted by Crippen LogP contribution is -2.24. The highest BCUT2D eigenvalue weighted by atomic mass is 19.1. The van der Waals surface area contributed by atoms with Crippen LogP contribution in [0.15, 0.2) is 36.7 Å². The van der Waals surface area contributed by atoms with Crippen LogP contribution in [-0.2, 0) is 13.0 Å². The molecule has 0 aliphatic carbocycles. The zero-order valence-electron chi connectivity index (χ0n) is 12.1. The smallest absolute Gasteiger partial charge is 0.123 e. The van der Waals surface area contributed by atoms with E-state index in [2.05, 4.69) is 30.5 Å². The van der Waals surface area contributed by atoms with Gasteiger partial charge < -0.3 is 5.32 Å². The third-order valence-corrected chi connectivity index (χ3v) is 3.36. The van der Waals surface area contributed by atoms with Crippen molar-refractivity contribution < 1.29 is 4.39 Å². The first-order valence-electron chi connectivity index (χ1n) is 7.23. The molecule has 2 aromatic rings. The highest BCUT2D eigenvalue weighted by molar-refractivity contribution is 5.22. The van der Waals surface area contributed by atoms with Crippen LogP contribution in [0.2, 0.25) is 0 Å². The van der Waals surface area contributed by atoms with Gasteiger partial charge in [-0.15, -0.1) is 0 Å². The average Bonchev–Trinajstić information content (AvgIpc) is 2.92. The topological polar surface area (TPSA) is 29.9 Å². The molecule has 0 amide bonds. The molecule has 108 valence electrons. The summed E-state index contributed by atoms with van der Waals surface area (Å²) in [5.74, 6) is -0.193.